The Balaban J connectivity index is 1.91. The highest BCUT2D eigenvalue weighted by Crippen LogP contribution is 2.37. The van der Waals surface area contributed by atoms with E-state index in [2.05, 4.69) is 4.72 Å². The van der Waals surface area contributed by atoms with Gasteiger partial charge in [0, 0.05) is 17.5 Å². The zero-order valence-electron chi connectivity index (χ0n) is 23.5. The molecule has 0 aliphatic heterocycles. The molecule has 0 radical (unpaired) electrons. The van der Waals surface area contributed by atoms with Gasteiger partial charge in [0.15, 0.2) is 0 Å². The van der Waals surface area contributed by atoms with E-state index in [0.29, 0.717) is 18.2 Å². The monoisotopic (exact) mass is 751 g/mol. The lowest BCUT2D eigenvalue weighted by Gasteiger charge is -2.17. The minimum atomic E-state index is -5.42. The molecule has 252 valence electrons. The number of nitro benzene ring substituents is 1. The zero-order valence-corrected chi connectivity index (χ0v) is 27.6. The first-order chi connectivity index (χ1) is 21.3. The number of nitrogens with one attached hydrogen (secondary N) is 2. The lowest BCUT2D eigenvalue weighted by molar-refractivity contribution is -0.385. The van der Waals surface area contributed by atoms with Gasteiger partial charge in [-0.2, -0.15) is 25.3 Å². The lowest BCUT2D eigenvalue weighted by atomic mass is 10.1. The SMILES string of the molecule is Cc1ccc([N+](=O)[O-])cc1S(=O)(=O)Nc1ccc(C)c(S(=O)(=O)Nc2cc(S(=O)(=O)O)cc3cc(S(=O)(=O)O)cc(S(=O)(=O)O)c23)c1. The summed E-state index contributed by atoms with van der Waals surface area (Å²) in [6.45, 7) is 2.63. The summed E-state index contributed by atoms with van der Waals surface area (Å²) in [5, 5.41) is 9.70. The number of nitrogens with zero attached hydrogens (tertiary/aromatic N) is 1. The second-order valence-corrected chi connectivity index (χ2v) is 17.3. The van der Waals surface area contributed by atoms with Crippen molar-refractivity contribution in [1.82, 2.24) is 0 Å². The van der Waals surface area contributed by atoms with Crippen LogP contribution in [-0.2, 0) is 50.4 Å². The molecule has 0 spiro atoms. The number of rotatable bonds is 10. The molecule has 0 fully saturated rings. The molecule has 23 heteroatoms. The highest BCUT2D eigenvalue weighted by Gasteiger charge is 2.28. The summed E-state index contributed by atoms with van der Waals surface area (Å²) >= 11 is 0. The van der Waals surface area contributed by atoms with Crippen molar-refractivity contribution in [2.75, 3.05) is 9.44 Å². The van der Waals surface area contributed by atoms with Crippen LogP contribution in [0.3, 0.4) is 0 Å². The minimum absolute atomic E-state index is 0.0362. The van der Waals surface area contributed by atoms with E-state index in [1.807, 2.05) is 4.72 Å². The van der Waals surface area contributed by atoms with Crippen molar-refractivity contribution in [3.63, 3.8) is 0 Å². The molecule has 0 unspecified atom stereocenters. The van der Waals surface area contributed by atoms with Gasteiger partial charge in [0.05, 0.1) is 35.9 Å². The first-order valence-electron chi connectivity index (χ1n) is 12.3. The van der Waals surface area contributed by atoms with Gasteiger partial charge in [0.2, 0.25) is 0 Å². The van der Waals surface area contributed by atoms with Gasteiger partial charge < -0.3 is 0 Å². The number of anilines is 2. The van der Waals surface area contributed by atoms with Gasteiger partial charge in [-0.3, -0.25) is 33.2 Å². The molecule has 0 atom stereocenters. The van der Waals surface area contributed by atoms with Crippen LogP contribution in [0.15, 0.2) is 85.1 Å². The Hall–Kier alpha value is -4.23. The molecule has 0 bridgehead atoms. The predicted molar refractivity (Wildman–Crippen MR) is 164 cm³/mol. The average molecular weight is 752 g/mol. The minimum Gasteiger partial charge on any atom is -0.282 e. The van der Waals surface area contributed by atoms with Crippen molar-refractivity contribution in [2.24, 2.45) is 0 Å². The molecule has 0 aromatic heterocycles. The highest BCUT2D eigenvalue weighted by molar-refractivity contribution is 7.93. The number of hydrogen-bond acceptors (Lipinski definition) is 12. The molecule has 4 rings (SSSR count). The van der Waals surface area contributed by atoms with Crippen LogP contribution in [0.5, 0.6) is 0 Å². The zero-order chi connectivity index (χ0) is 35.5. The van der Waals surface area contributed by atoms with Crippen molar-refractivity contribution >= 4 is 78.2 Å². The molecular weight excluding hydrogens is 731 g/mol. The van der Waals surface area contributed by atoms with Crippen molar-refractivity contribution in [2.45, 2.75) is 38.3 Å². The third kappa shape index (κ3) is 7.51. The quantitative estimate of drug-likeness (QED) is 0.0884. The summed E-state index contributed by atoms with van der Waals surface area (Å²) < 4.78 is 159. The van der Waals surface area contributed by atoms with E-state index in [9.17, 15) is 65.9 Å². The Morgan fingerprint density at radius 1 is 0.596 bits per heavy atom. The third-order valence-corrected chi connectivity index (χ3v) is 12.1. The van der Waals surface area contributed by atoms with Crippen molar-refractivity contribution < 1.29 is 60.7 Å². The van der Waals surface area contributed by atoms with Crippen LogP contribution in [0.4, 0.5) is 17.1 Å². The number of nitro groups is 1. The first-order valence-corrected chi connectivity index (χ1v) is 19.6. The maximum atomic E-state index is 13.7. The van der Waals surface area contributed by atoms with Crippen LogP contribution in [0.2, 0.25) is 0 Å². The van der Waals surface area contributed by atoms with E-state index in [0.717, 1.165) is 30.3 Å². The second kappa shape index (κ2) is 11.8. The number of hydrogen-bond donors (Lipinski definition) is 5. The largest absolute Gasteiger partial charge is 0.295 e. The molecule has 18 nitrogen and oxygen atoms in total. The van der Waals surface area contributed by atoms with Crippen LogP contribution in [0.1, 0.15) is 11.1 Å². The van der Waals surface area contributed by atoms with E-state index < -0.39 is 102 Å². The summed E-state index contributed by atoms with van der Waals surface area (Å²) in [6.07, 6.45) is 0. The van der Waals surface area contributed by atoms with Crippen LogP contribution in [-0.4, -0.2) is 60.7 Å². The fourth-order valence-corrected chi connectivity index (χ4v) is 8.93. The number of fused-ring (bicyclic) bond motifs is 1. The molecular formula is C24H21N3O15S5. The Morgan fingerprint density at radius 3 is 1.60 bits per heavy atom. The Bertz CT molecular complexity index is 2560. The number of aryl methyl sites for hydroxylation is 2. The summed E-state index contributed by atoms with van der Waals surface area (Å²) in [7, 11) is -25.3. The molecule has 4 aromatic carbocycles. The normalized spacial score (nSPS) is 13.0. The van der Waals surface area contributed by atoms with Crippen LogP contribution < -0.4 is 9.44 Å². The molecule has 0 amide bonds. The van der Waals surface area contributed by atoms with Gasteiger partial charge in [-0.05, 0) is 66.8 Å². The predicted octanol–water partition coefficient (Wildman–Crippen LogP) is 2.71. The highest BCUT2D eigenvalue weighted by atomic mass is 32.2. The van der Waals surface area contributed by atoms with Gasteiger partial charge in [-0.1, -0.05) is 12.1 Å². The maximum absolute atomic E-state index is 13.7. The molecule has 0 aliphatic rings. The molecule has 47 heavy (non-hydrogen) atoms. The Labute approximate surface area is 267 Å². The summed E-state index contributed by atoms with van der Waals surface area (Å²) in [5.74, 6) is 0. The number of benzene rings is 4. The van der Waals surface area contributed by atoms with Gasteiger partial charge in [-0.15, -0.1) is 0 Å². The lowest BCUT2D eigenvalue weighted by Crippen LogP contribution is -2.18. The van der Waals surface area contributed by atoms with Gasteiger partial charge >= 0.3 is 0 Å². The first kappa shape index (κ1) is 35.6. The fourth-order valence-electron chi connectivity index (χ4n) is 4.36. The van der Waals surface area contributed by atoms with E-state index in [1.165, 1.54) is 19.9 Å². The maximum Gasteiger partial charge on any atom is 0.295 e. The van der Waals surface area contributed by atoms with Crippen LogP contribution in [0, 0.1) is 24.0 Å². The van der Waals surface area contributed by atoms with Crippen molar-refractivity contribution in [1.29, 1.82) is 0 Å². The average Bonchev–Trinajstić information content (AvgIpc) is 2.91. The van der Waals surface area contributed by atoms with Gasteiger partial charge in [0.1, 0.15) is 4.90 Å². The number of non-ortho nitro benzene ring substituents is 1. The van der Waals surface area contributed by atoms with Gasteiger partial charge in [-0.25, -0.2) is 16.8 Å². The Morgan fingerprint density at radius 2 is 1.09 bits per heavy atom. The molecule has 4 aromatic rings. The Kier molecular flexibility index (Phi) is 8.93. The summed E-state index contributed by atoms with van der Waals surface area (Å²) in [4.78, 5) is 5.69. The molecule has 0 saturated heterocycles. The van der Waals surface area contributed by atoms with Crippen LogP contribution >= 0.6 is 0 Å². The van der Waals surface area contributed by atoms with Crippen molar-refractivity contribution in [3.05, 3.63) is 81.9 Å². The summed E-state index contributed by atoms with van der Waals surface area (Å²) in [5.41, 5.74) is -1.75. The molecule has 5 N–H and O–H groups in total. The van der Waals surface area contributed by atoms with E-state index in [1.54, 1.807) is 0 Å². The standard InChI is InChI=1S/C24H21N3O15S5/c1-13-3-5-16(25-43(30,31)22-10-17(27(28)29)6-4-14(22)2)9-21(13)44(32,33)26-20-11-18(45(34,35)36)7-15-8-19(46(37,38)39)12-23(24(15)20)47(40,41)42/h3-12,25-26H,1-2H3,(H,34,35,36)(H,37,38,39)(H,40,41,42). The molecule has 0 heterocycles. The van der Waals surface area contributed by atoms with E-state index in [-0.39, 0.29) is 22.9 Å². The van der Waals surface area contributed by atoms with Crippen LogP contribution in [0.25, 0.3) is 10.8 Å². The topological polar surface area (TPSA) is 299 Å². The molecule has 0 saturated carbocycles. The van der Waals surface area contributed by atoms with Crippen molar-refractivity contribution in [3.8, 4) is 0 Å². The summed E-state index contributed by atoms with van der Waals surface area (Å²) in [6, 6.07) is 8.00. The smallest absolute Gasteiger partial charge is 0.282 e. The third-order valence-electron chi connectivity index (χ3n) is 6.48. The van der Waals surface area contributed by atoms with E-state index in [4.69, 9.17) is 0 Å². The van der Waals surface area contributed by atoms with Gasteiger partial charge in [0.25, 0.3) is 56.1 Å². The van der Waals surface area contributed by atoms with E-state index >= 15 is 0 Å². The molecule has 0 aliphatic carbocycles. The number of sulfonamides is 2. The second-order valence-electron chi connectivity index (χ2n) is 9.81. The fraction of sp³-hybridized carbons (Fsp3) is 0.0833.